The summed E-state index contributed by atoms with van der Waals surface area (Å²) in [6.07, 6.45) is 1.53. The van der Waals surface area contributed by atoms with Crippen molar-refractivity contribution in [2.45, 2.75) is 31.6 Å². The fraction of sp³-hybridized carbons (Fsp3) is 0.417. The van der Waals surface area contributed by atoms with Gasteiger partial charge in [0, 0.05) is 10.7 Å². The van der Waals surface area contributed by atoms with Gasteiger partial charge in [0.1, 0.15) is 5.82 Å². The average Bonchev–Trinajstić information content (AvgIpc) is 2.30. The summed E-state index contributed by atoms with van der Waals surface area (Å²) >= 11 is 0. The number of hydrogen-bond donors (Lipinski definition) is 0. The van der Waals surface area contributed by atoms with E-state index in [9.17, 15) is 17.6 Å². The second-order valence-electron chi connectivity index (χ2n) is 4.00. The standard InChI is InChI=1S/C12H14ClFO4S/c1-3-4-5-18-12(15)10-6-9(14)7-11(8(10)2)19(13,16)17/h6-7H,3-5H2,1-2H3. The molecule has 0 amide bonds. The number of unbranched alkanes of at least 4 members (excludes halogenated alkanes) is 1. The molecule has 0 aromatic heterocycles. The summed E-state index contributed by atoms with van der Waals surface area (Å²) in [5.41, 5.74) is -0.0479. The maximum absolute atomic E-state index is 13.4. The van der Waals surface area contributed by atoms with Crippen LogP contribution in [0.4, 0.5) is 4.39 Å². The van der Waals surface area contributed by atoms with Crippen molar-refractivity contribution in [3.8, 4) is 0 Å². The van der Waals surface area contributed by atoms with Crippen molar-refractivity contribution in [3.63, 3.8) is 0 Å². The fourth-order valence-corrected chi connectivity index (χ4v) is 2.72. The van der Waals surface area contributed by atoms with Crippen LogP contribution in [0.3, 0.4) is 0 Å². The molecule has 0 aliphatic rings. The number of benzene rings is 1. The first-order valence-electron chi connectivity index (χ1n) is 5.69. The zero-order valence-corrected chi connectivity index (χ0v) is 12.1. The number of hydrogen-bond acceptors (Lipinski definition) is 4. The van der Waals surface area contributed by atoms with Gasteiger partial charge in [0.15, 0.2) is 0 Å². The third-order valence-corrected chi connectivity index (χ3v) is 3.99. The largest absolute Gasteiger partial charge is 0.462 e. The van der Waals surface area contributed by atoms with Crippen LogP contribution in [0.15, 0.2) is 17.0 Å². The first-order chi connectivity index (χ1) is 8.77. The van der Waals surface area contributed by atoms with Crippen molar-refractivity contribution >= 4 is 25.7 Å². The van der Waals surface area contributed by atoms with Gasteiger partial charge in [0.2, 0.25) is 0 Å². The van der Waals surface area contributed by atoms with Crippen LogP contribution in [0.1, 0.15) is 35.7 Å². The Morgan fingerprint density at radius 3 is 2.58 bits per heavy atom. The van der Waals surface area contributed by atoms with Gasteiger partial charge in [0.05, 0.1) is 17.1 Å². The molecule has 0 aliphatic heterocycles. The topological polar surface area (TPSA) is 60.4 Å². The summed E-state index contributed by atoms with van der Waals surface area (Å²) in [6.45, 7) is 3.51. The third-order valence-electron chi connectivity index (χ3n) is 2.54. The molecule has 19 heavy (non-hydrogen) atoms. The lowest BCUT2D eigenvalue weighted by atomic mass is 10.1. The van der Waals surface area contributed by atoms with Gasteiger partial charge in [-0.25, -0.2) is 17.6 Å². The number of halogens is 2. The molecule has 1 rings (SSSR count). The van der Waals surface area contributed by atoms with Crippen LogP contribution in [0, 0.1) is 12.7 Å². The highest BCUT2D eigenvalue weighted by atomic mass is 35.7. The SMILES string of the molecule is CCCCOC(=O)c1cc(F)cc(S(=O)(=O)Cl)c1C. The highest BCUT2D eigenvalue weighted by molar-refractivity contribution is 8.13. The summed E-state index contributed by atoms with van der Waals surface area (Å²) < 4.78 is 40.9. The van der Waals surface area contributed by atoms with E-state index in [0.29, 0.717) is 6.42 Å². The minimum Gasteiger partial charge on any atom is -0.462 e. The zero-order chi connectivity index (χ0) is 14.6. The molecule has 0 saturated heterocycles. The molecule has 0 spiro atoms. The second kappa shape index (κ2) is 6.34. The van der Waals surface area contributed by atoms with Crippen LogP contribution in [0.25, 0.3) is 0 Å². The quantitative estimate of drug-likeness (QED) is 0.476. The van der Waals surface area contributed by atoms with E-state index in [1.165, 1.54) is 6.92 Å². The monoisotopic (exact) mass is 308 g/mol. The number of rotatable bonds is 5. The van der Waals surface area contributed by atoms with E-state index in [0.717, 1.165) is 18.6 Å². The van der Waals surface area contributed by atoms with Crippen LogP contribution < -0.4 is 0 Å². The lowest BCUT2D eigenvalue weighted by molar-refractivity contribution is 0.0498. The molecule has 4 nitrogen and oxygen atoms in total. The molecule has 0 heterocycles. The predicted octanol–water partition coefficient (Wildman–Crippen LogP) is 3.02. The van der Waals surface area contributed by atoms with Gasteiger partial charge >= 0.3 is 5.97 Å². The van der Waals surface area contributed by atoms with Crippen LogP contribution in [-0.4, -0.2) is 21.0 Å². The fourth-order valence-electron chi connectivity index (χ4n) is 1.51. The molecule has 0 fully saturated rings. The number of carbonyl (C=O) groups excluding carboxylic acids is 1. The molecule has 0 atom stereocenters. The zero-order valence-electron chi connectivity index (χ0n) is 10.6. The van der Waals surface area contributed by atoms with Gasteiger partial charge in [-0.2, -0.15) is 0 Å². The van der Waals surface area contributed by atoms with Crippen LogP contribution >= 0.6 is 10.7 Å². The van der Waals surface area contributed by atoms with Gasteiger partial charge < -0.3 is 4.74 Å². The minimum atomic E-state index is -4.11. The maximum atomic E-state index is 13.4. The molecule has 1 aromatic carbocycles. The first kappa shape index (κ1) is 15.9. The van der Waals surface area contributed by atoms with E-state index in [1.807, 2.05) is 6.92 Å². The van der Waals surface area contributed by atoms with Crippen molar-refractivity contribution in [1.82, 2.24) is 0 Å². The van der Waals surface area contributed by atoms with Crippen LogP contribution in [0.2, 0.25) is 0 Å². The van der Waals surface area contributed by atoms with Gasteiger partial charge in [-0.3, -0.25) is 0 Å². The van der Waals surface area contributed by atoms with Crippen LogP contribution in [0.5, 0.6) is 0 Å². The van der Waals surface area contributed by atoms with Crippen molar-refractivity contribution in [1.29, 1.82) is 0 Å². The van der Waals surface area contributed by atoms with Crippen molar-refractivity contribution < 1.29 is 22.3 Å². The Morgan fingerprint density at radius 2 is 2.05 bits per heavy atom. The van der Waals surface area contributed by atoms with Crippen molar-refractivity contribution in [3.05, 3.63) is 29.1 Å². The molecule has 0 N–H and O–H groups in total. The van der Waals surface area contributed by atoms with Gasteiger partial charge in [-0.05, 0) is 31.0 Å². The Hall–Kier alpha value is -1.14. The Balaban J connectivity index is 3.15. The average molecular weight is 309 g/mol. The highest BCUT2D eigenvalue weighted by Crippen LogP contribution is 2.24. The molecule has 0 radical (unpaired) electrons. The van der Waals surface area contributed by atoms with E-state index >= 15 is 0 Å². The Morgan fingerprint density at radius 1 is 1.42 bits per heavy atom. The Labute approximate surface area is 115 Å². The molecule has 0 aliphatic carbocycles. The lowest BCUT2D eigenvalue weighted by Gasteiger charge is -2.09. The van der Waals surface area contributed by atoms with Crippen molar-refractivity contribution in [2.24, 2.45) is 0 Å². The molecule has 0 unspecified atom stereocenters. The van der Waals surface area contributed by atoms with E-state index in [-0.39, 0.29) is 17.7 Å². The van der Waals surface area contributed by atoms with Crippen molar-refractivity contribution in [2.75, 3.05) is 6.61 Å². The van der Waals surface area contributed by atoms with Gasteiger partial charge in [-0.1, -0.05) is 13.3 Å². The molecular formula is C12H14ClFO4S. The van der Waals surface area contributed by atoms with Gasteiger partial charge in [-0.15, -0.1) is 0 Å². The summed E-state index contributed by atoms with van der Waals surface area (Å²) in [5.74, 6) is -1.61. The Kier molecular flexibility index (Phi) is 5.31. The number of ether oxygens (including phenoxy) is 1. The van der Waals surface area contributed by atoms with E-state index < -0.39 is 25.7 Å². The summed E-state index contributed by atoms with van der Waals surface area (Å²) in [5, 5.41) is 0. The Bertz CT molecular complexity index is 584. The normalized spacial score (nSPS) is 11.4. The maximum Gasteiger partial charge on any atom is 0.338 e. The van der Waals surface area contributed by atoms with E-state index in [4.69, 9.17) is 15.4 Å². The molecule has 106 valence electrons. The summed E-state index contributed by atoms with van der Waals surface area (Å²) in [7, 11) is 1.08. The van der Waals surface area contributed by atoms with Gasteiger partial charge in [0.25, 0.3) is 9.05 Å². The first-order valence-corrected chi connectivity index (χ1v) is 8.00. The third kappa shape index (κ3) is 4.18. The number of esters is 1. The smallest absolute Gasteiger partial charge is 0.338 e. The van der Waals surface area contributed by atoms with E-state index in [1.54, 1.807) is 0 Å². The molecule has 7 heteroatoms. The highest BCUT2D eigenvalue weighted by Gasteiger charge is 2.21. The lowest BCUT2D eigenvalue weighted by Crippen LogP contribution is -2.11. The van der Waals surface area contributed by atoms with E-state index in [2.05, 4.69) is 0 Å². The summed E-state index contributed by atoms with van der Waals surface area (Å²) in [4.78, 5) is 11.3. The minimum absolute atomic E-state index is 0.0814. The molecule has 0 saturated carbocycles. The molecule has 0 bridgehead atoms. The summed E-state index contributed by atoms with van der Waals surface area (Å²) in [6, 6.07) is 1.72. The molecular weight excluding hydrogens is 295 g/mol. The van der Waals surface area contributed by atoms with Crippen LogP contribution in [-0.2, 0) is 13.8 Å². The predicted molar refractivity (Wildman–Crippen MR) is 69.4 cm³/mol. The molecule has 1 aromatic rings. The number of carbonyl (C=O) groups is 1. The second-order valence-corrected chi connectivity index (χ2v) is 6.54.